The Kier molecular flexibility index (Phi) is 6.15. The third-order valence-corrected chi connectivity index (χ3v) is 5.56. The fourth-order valence-corrected chi connectivity index (χ4v) is 3.62. The molecule has 0 bridgehead atoms. The maximum Gasteiger partial charge on any atom is 0.246 e. The number of hydrogen-bond acceptors (Lipinski definition) is 3. The Morgan fingerprint density at radius 3 is 2.29 bits per heavy atom. The zero-order valence-corrected chi connectivity index (χ0v) is 16.7. The number of hydrogen-bond donors (Lipinski definition) is 2. The van der Waals surface area contributed by atoms with Gasteiger partial charge in [0.2, 0.25) is 11.8 Å². The number of likely N-dealkylation sites (tertiary alicyclic amines) is 1. The smallest absolute Gasteiger partial charge is 0.246 e. The number of carbonyl (C=O) groups is 2. The standard InChI is InChI=1S/C23H29N3O2/c1-17-8-10-18(11-9-17)16-25-21(27)19-12-14-26(15-13-19)22(28)23(2,24)20-6-4-3-5-7-20/h3-11,19H,12-16,24H2,1-2H3,(H,25,27). The number of nitrogens with zero attached hydrogens (tertiary/aromatic N) is 1. The molecule has 1 saturated heterocycles. The predicted octanol–water partition coefficient (Wildman–Crippen LogP) is 2.72. The summed E-state index contributed by atoms with van der Waals surface area (Å²) in [5, 5.41) is 3.02. The Hall–Kier alpha value is -2.66. The fraction of sp³-hybridized carbons (Fsp3) is 0.391. The van der Waals surface area contributed by atoms with Crippen LogP contribution in [-0.2, 0) is 21.7 Å². The summed E-state index contributed by atoms with van der Waals surface area (Å²) in [5.41, 5.74) is 8.40. The molecule has 28 heavy (non-hydrogen) atoms. The Labute approximate surface area is 166 Å². The number of piperidine rings is 1. The van der Waals surface area contributed by atoms with E-state index in [2.05, 4.69) is 5.32 Å². The average molecular weight is 380 g/mol. The van der Waals surface area contributed by atoms with E-state index in [4.69, 9.17) is 5.73 Å². The van der Waals surface area contributed by atoms with Crippen molar-refractivity contribution in [1.29, 1.82) is 0 Å². The first-order chi connectivity index (χ1) is 13.4. The number of nitrogens with two attached hydrogens (primary N) is 1. The molecule has 0 spiro atoms. The van der Waals surface area contributed by atoms with Crippen LogP contribution in [0.5, 0.6) is 0 Å². The van der Waals surface area contributed by atoms with Crippen LogP contribution in [0.1, 0.15) is 36.5 Å². The van der Waals surface area contributed by atoms with Crippen molar-refractivity contribution in [2.45, 2.75) is 38.8 Å². The van der Waals surface area contributed by atoms with Crippen molar-refractivity contribution < 1.29 is 9.59 Å². The topological polar surface area (TPSA) is 75.4 Å². The molecule has 1 aliphatic heterocycles. The van der Waals surface area contributed by atoms with E-state index < -0.39 is 5.54 Å². The Balaban J connectivity index is 1.51. The van der Waals surface area contributed by atoms with Crippen molar-refractivity contribution in [3.05, 3.63) is 71.3 Å². The van der Waals surface area contributed by atoms with Gasteiger partial charge in [0.1, 0.15) is 5.54 Å². The quantitative estimate of drug-likeness (QED) is 0.839. The predicted molar refractivity (Wildman–Crippen MR) is 110 cm³/mol. The van der Waals surface area contributed by atoms with E-state index in [0.717, 1.165) is 11.1 Å². The van der Waals surface area contributed by atoms with Crippen LogP contribution in [0.25, 0.3) is 0 Å². The molecule has 1 atom stereocenters. The van der Waals surface area contributed by atoms with Crippen molar-refractivity contribution in [2.75, 3.05) is 13.1 Å². The summed E-state index contributed by atoms with van der Waals surface area (Å²) in [7, 11) is 0. The summed E-state index contributed by atoms with van der Waals surface area (Å²) < 4.78 is 0. The molecule has 2 aromatic carbocycles. The molecule has 3 N–H and O–H groups in total. The molecule has 1 unspecified atom stereocenters. The molecular formula is C23H29N3O2. The third-order valence-electron chi connectivity index (χ3n) is 5.56. The van der Waals surface area contributed by atoms with Crippen LogP contribution in [0.3, 0.4) is 0 Å². The van der Waals surface area contributed by atoms with Crippen LogP contribution in [0.2, 0.25) is 0 Å². The van der Waals surface area contributed by atoms with Gasteiger partial charge in [0.25, 0.3) is 0 Å². The molecule has 1 heterocycles. The van der Waals surface area contributed by atoms with Gasteiger partial charge >= 0.3 is 0 Å². The van der Waals surface area contributed by atoms with Gasteiger partial charge in [-0.25, -0.2) is 0 Å². The molecule has 3 rings (SSSR count). The first-order valence-corrected chi connectivity index (χ1v) is 9.85. The largest absolute Gasteiger partial charge is 0.352 e. The summed E-state index contributed by atoms with van der Waals surface area (Å²) >= 11 is 0. The highest BCUT2D eigenvalue weighted by molar-refractivity contribution is 5.87. The van der Waals surface area contributed by atoms with E-state index in [0.29, 0.717) is 32.5 Å². The van der Waals surface area contributed by atoms with Crippen LogP contribution in [0, 0.1) is 12.8 Å². The molecule has 1 aliphatic rings. The Morgan fingerprint density at radius 1 is 1.07 bits per heavy atom. The summed E-state index contributed by atoms with van der Waals surface area (Å²) in [6.07, 6.45) is 1.33. The lowest BCUT2D eigenvalue weighted by Gasteiger charge is -2.36. The first-order valence-electron chi connectivity index (χ1n) is 9.85. The molecular weight excluding hydrogens is 350 g/mol. The fourth-order valence-electron chi connectivity index (χ4n) is 3.62. The molecule has 0 radical (unpaired) electrons. The summed E-state index contributed by atoms with van der Waals surface area (Å²) in [6, 6.07) is 17.6. The van der Waals surface area contributed by atoms with E-state index >= 15 is 0 Å². The summed E-state index contributed by atoms with van der Waals surface area (Å²) in [4.78, 5) is 27.2. The lowest BCUT2D eigenvalue weighted by atomic mass is 9.89. The van der Waals surface area contributed by atoms with E-state index in [-0.39, 0.29) is 17.7 Å². The number of amides is 2. The maximum absolute atomic E-state index is 12.9. The van der Waals surface area contributed by atoms with Gasteiger partial charge in [0.15, 0.2) is 0 Å². The Morgan fingerprint density at radius 2 is 1.68 bits per heavy atom. The van der Waals surface area contributed by atoms with Crippen LogP contribution in [0.4, 0.5) is 0 Å². The highest BCUT2D eigenvalue weighted by Gasteiger charge is 2.36. The minimum Gasteiger partial charge on any atom is -0.352 e. The first kappa shape index (κ1) is 20.1. The molecule has 1 fully saturated rings. The minimum absolute atomic E-state index is 0.0599. The number of nitrogens with one attached hydrogen (secondary N) is 1. The summed E-state index contributed by atoms with van der Waals surface area (Å²) in [6.45, 7) is 5.45. The van der Waals surface area contributed by atoms with Crippen molar-refractivity contribution in [3.63, 3.8) is 0 Å². The highest BCUT2D eigenvalue weighted by atomic mass is 16.2. The van der Waals surface area contributed by atoms with Gasteiger partial charge in [-0.05, 0) is 37.8 Å². The summed E-state index contributed by atoms with van der Waals surface area (Å²) in [5.74, 6) is -0.0845. The van der Waals surface area contributed by atoms with Crippen molar-refractivity contribution in [1.82, 2.24) is 10.2 Å². The van der Waals surface area contributed by atoms with Crippen molar-refractivity contribution in [2.24, 2.45) is 11.7 Å². The van der Waals surface area contributed by atoms with Gasteiger partial charge in [-0.3, -0.25) is 9.59 Å². The molecule has 5 heteroatoms. The van der Waals surface area contributed by atoms with Gasteiger partial charge in [0, 0.05) is 25.6 Å². The normalized spacial score (nSPS) is 17.0. The molecule has 2 amide bonds. The number of carbonyl (C=O) groups excluding carboxylic acids is 2. The Bertz CT molecular complexity index is 808. The van der Waals surface area contributed by atoms with Crippen LogP contribution < -0.4 is 11.1 Å². The van der Waals surface area contributed by atoms with Gasteiger partial charge < -0.3 is 16.0 Å². The molecule has 0 aliphatic carbocycles. The zero-order chi connectivity index (χ0) is 20.1. The van der Waals surface area contributed by atoms with Crippen molar-refractivity contribution >= 4 is 11.8 Å². The van der Waals surface area contributed by atoms with E-state index in [1.807, 2.05) is 61.5 Å². The van der Waals surface area contributed by atoms with Gasteiger partial charge in [-0.15, -0.1) is 0 Å². The monoisotopic (exact) mass is 379 g/mol. The third kappa shape index (κ3) is 4.60. The number of benzene rings is 2. The van der Waals surface area contributed by atoms with Gasteiger partial charge in [-0.1, -0.05) is 60.2 Å². The second-order valence-corrected chi connectivity index (χ2v) is 7.84. The molecule has 2 aromatic rings. The minimum atomic E-state index is -1.05. The van der Waals surface area contributed by atoms with Crippen LogP contribution in [0.15, 0.2) is 54.6 Å². The zero-order valence-electron chi connectivity index (χ0n) is 16.7. The molecule has 5 nitrogen and oxygen atoms in total. The van der Waals surface area contributed by atoms with E-state index in [1.165, 1.54) is 5.56 Å². The van der Waals surface area contributed by atoms with Crippen LogP contribution in [-0.4, -0.2) is 29.8 Å². The van der Waals surface area contributed by atoms with E-state index in [1.54, 1.807) is 11.8 Å². The van der Waals surface area contributed by atoms with Gasteiger partial charge in [-0.2, -0.15) is 0 Å². The maximum atomic E-state index is 12.9. The molecule has 148 valence electrons. The second kappa shape index (κ2) is 8.57. The van der Waals surface area contributed by atoms with Crippen LogP contribution >= 0.6 is 0 Å². The molecule has 0 aromatic heterocycles. The highest BCUT2D eigenvalue weighted by Crippen LogP contribution is 2.24. The van der Waals surface area contributed by atoms with E-state index in [9.17, 15) is 9.59 Å². The second-order valence-electron chi connectivity index (χ2n) is 7.84. The van der Waals surface area contributed by atoms with Gasteiger partial charge in [0.05, 0.1) is 0 Å². The molecule has 0 saturated carbocycles. The average Bonchev–Trinajstić information content (AvgIpc) is 2.73. The number of aryl methyl sites for hydroxylation is 1. The number of rotatable bonds is 5. The lowest BCUT2D eigenvalue weighted by molar-refractivity contribution is -0.140. The lowest BCUT2D eigenvalue weighted by Crippen LogP contribution is -2.53. The van der Waals surface area contributed by atoms with Crippen molar-refractivity contribution in [3.8, 4) is 0 Å². The SMILES string of the molecule is Cc1ccc(CNC(=O)C2CCN(C(=O)C(C)(N)c3ccccc3)CC2)cc1.